The molecular weight excluding hydrogens is 300 g/mol. The number of hydrogen-bond donors (Lipinski definition) is 1. The lowest BCUT2D eigenvalue weighted by Gasteiger charge is -2.30. The zero-order valence-electron chi connectivity index (χ0n) is 13.0. The molecule has 0 unspecified atom stereocenters. The van der Waals surface area contributed by atoms with Gasteiger partial charge in [-0.15, -0.1) is 0 Å². The zero-order chi connectivity index (χ0) is 16.0. The predicted octanol–water partition coefficient (Wildman–Crippen LogP) is 2.44. The van der Waals surface area contributed by atoms with Gasteiger partial charge in [-0.25, -0.2) is 8.42 Å². The van der Waals surface area contributed by atoms with Gasteiger partial charge in [0, 0.05) is 13.1 Å². The Bertz CT molecular complexity index is 608. The molecule has 1 N–H and O–H groups in total. The van der Waals surface area contributed by atoms with E-state index in [2.05, 4.69) is 10.2 Å². The van der Waals surface area contributed by atoms with E-state index >= 15 is 0 Å². The molecule has 0 spiro atoms. The van der Waals surface area contributed by atoms with Crippen LogP contribution >= 0.6 is 0 Å². The lowest BCUT2D eigenvalue weighted by molar-refractivity contribution is -0.113. The molecule has 1 amide bonds. The number of anilines is 2. The second kappa shape index (κ2) is 7.63. The van der Waals surface area contributed by atoms with E-state index in [4.69, 9.17) is 0 Å². The van der Waals surface area contributed by atoms with E-state index in [0.29, 0.717) is 12.1 Å². The molecule has 0 radical (unpaired) electrons. The Morgan fingerprint density at radius 1 is 1.18 bits per heavy atom. The summed E-state index contributed by atoms with van der Waals surface area (Å²) < 4.78 is 23.5. The highest BCUT2D eigenvalue weighted by Crippen LogP contribution is 2.28. The summed E-state index contributed by atoms with van der Waals surface area (Å²) in [6.07, 6.45) is 4.06. The van der Waals surface area contributed by atoms with E-state index in [1.54, 1.807) is 6.92 Å². The molecule has 1 aliphatic rings. The van der Waals surface area contributed by atoms with Gasteiger partial charge < -0.3 is 10.2 Å². The van der Waals surface area contributed by atoms with Gasteiger partial charge in [0.2, 0.25) is 5.91 Å². The van der Waals surface area contributed by atoms with Crippen LogP contribution in [0.1, 0.15) is 32.6 Å². The highest BCUT2D eigenvalue weighted by atomic mass is 32.2. The van der Waals surface area contributed by atoms with E-state index in [-0.39, 0.29) is 5.75 Å². The summed E-state index contributed by atoms with van der Waals surface area (Å²) in [7, 11) is -3.31. The first-order valence-electron chi connectivity index (χ1n) is 7.86. The highest BCUT2D eigenvalue weighted by Gasteiger charge is 2.19. The van der Waals surface area contributed by atoms with Crippen LogP contribution in [0.3, 0.4) is 0 Å². The molecule has 1 aliphatic heterocycles. The van der Waals surface area contributed by atoms with E-state index in [9.17, 15) is 13.2 Å². The Morgan fingerprint density at radius 2 is 1.86 bits per heavy atom. The van der Waals surface area contributed by atoms with Crippen molar-refractivity contribution in [3.63, 3.8) is 0 Å². The summed E-state index contributed by atoms with van der Waals surface area (Å²) in [5.41, 5.74) is 1.67. The molecule has 1 heterocycles. The third-order valence-electron chi connectivity index (χ3n) is 3.74. The maximum atomic E-state index is 12.0. The van der Waals surface area contributed by atoms with E-state index in [1.165, 1.54) is 6.42 Å². The van der Waals surface area contributed by atoms with Crippen molar-refractivity contribution in [3.8, 4) is 0 Å². The largest absolute Gasteiger partial charge is 0.370 e. The summed E-state index contributed by atoms with van der Waals surface area (Å²) in [4.78, 5) is 14.3. The van der Waals surface area contributed by atoms with E-state index < -0.39 is 21.5 Å². The molecule has 122 valence electrons. The summed E-state index contributed by atoms with van der Waals surface area (Å²) in [5, 5.41) is 2.76. The number of piperidine rings is 1. The molecule has 1 aromatic carbocycles. The molecule has 1 saturated heterocycles. The molecule has 1 aromatic rings. The topological polar surface area (TPSA) is 66.5 Å². The minimum absolute atomic E-state index is 0.0498. The normalized spacial score (nSPS) is 15.6. The first-order valence-corrected chi connectivity index (χ1v) is 9.68. The average Bonchev–Trinajstić information content (AvgIpc) is 2.48. The molecule has 1 fully saturated rings. The standard InChI is InChI=1S/C16H24N2O3S/c1-2-12-22(20,21)13-16(19)17-14-8-4-5-9-15(14)18-10-6-3-7-11-18/h4-5,8-9H,2-3,6-7,10-13H2,1H3,(H,17,19). The minimum Gasteiger partial charge on any atom is -0.370 e. The van der Waals surface area contributed by atoms with Gasteiger partial charge in [-0.05, 0) is 37.8 Å². The first kappa shape index (κ1) is 16.8. The van der Waals surface area contributed by atoms with Crippen molar-refractivity contribution >= 4 is 27.1 Å². The van der Waals surface area contributed by atoms with Crippen LogP contribution in [-0.2, 0) is 14.6 Å². The van der Waals surface area contributed by atoms with Crippen LogP contribution in [0.25, 0.3) is 0 Å². The van der Waals surface area contributed by atoms with Crippen molar-refractivity contribution in [3.05, 3.63) is 24.3 Å². The van der Waals surface area contributed by atoms with Gasteiger partial charge in [-0.1, -0.05) is 19.1 Å². The summed E-state index contributed by atoms with van der Waals surface area (Å²) in [6, 6.07) is 7.59. The number of nitrogens with zero attached hydrogens (tertiary/aromatic N) is 1. The Morgan fingerprint density at radius 3 is 2.55 bits per heavy atom. The molecule has 0 aromatic heterocycles. The van der Waals surface area contributed by atoms with Crippen molar-refractivity contribution in [2.24, 2.45) is 0 Å². The molecular formula is C16H24N2O3S. The fraction of sp³-hybridized carbons (Fsp3) is 0.562. The van der Waals surface area contributed by atoms with Gasteiger partial charge >= 0.3 is 0 Å². The van der Waals surface area contributed by atoms with Crippen LogP contribution in [0.2, 0.25) is 0 Å². The predicted molar refractivity (Wildman–Crippen MR) is 90.1 cm³/mol. The van der Waals surface area contributed by atoms with Crippen molar-refractivity contribution in [1.82, 2.24) is 0 Å². The fourth-order valence-corrected chi connectivity index (χ4v) is 4.00. The number of nitrogens with one attached hydrogen (secondary N) is 1. The van der Waals surface area contributed by atoms with Gasteiger partial charge in [0.15, 0.2) is 9.84 Å². The quantitative estimate of drug-likeness (QED) is 0.873. The lowest BCUT2D eigenvalue weighted by atomic mass is 10.1. The van der Waals surface area contributed by atoms with Gasteiger partial charge in [0.1, 0.15) is 5.75 Å². The van der Waals surface area contributed by atoms with Gasteiger partial charge in [-0.2, -0.15) is 0 Å². The lowest BCUT2D eigenvalue weighted by Crippen LogP contribution is -2.31. The Hall–Kier alpha value is -1.56. The number of rotatable bonds is 6. The second-order valence-corrected chi connectivity index (χ2v) is 7.89. The minimum atomic E-state index is -3.31. The number of carbonyl (C=O) groups excluding carboxylic acids is 1. The molecule has 22 heavy (non-hydrogen) atoms. The molecule has 2 rings (SSSR count). The number of hydrogen-bond acceptors (Lipinski definition) is 4. The van der Waals surface area contributed by atoms with Crippen LogP contribution in [0.15, 0.2) is 24.3 Å². The fourth-order valence-electron chi connectivity index (χ4n) is 2.76. The Kier molecular flexibility index (Phi) is 5.83. The number of amides is 1. The molecule has 0 aliphatic carbocycles. The molecule has 0 saturated carbocycles. The summed E-state index contributed by atoms with van der Waals surface area (Å²) in [5.74, 6) is -0.860. The summed E-state index contributed by atoms with van der Waals surface area (Å²) in [6.45, 7) is 3.74. The number of sulfone groups is 1. The smallest absolute Gasteiger partial charge is 0.239 e. The Labute approximate surface area is 132 Å². The van der Waals surface area contributed by atoms with Crippen molar-refractivity contribution in [2.75, 3.05) is 34.8 Å². The average molecular weight is 324 g/mol. The van der Waals surface area contributed by atoms with E-state index in [0.717, 1.165) is 31.6 Å². The van der Waals surface area contributed by atoms with Crippen molar-refractivity contribution < 1.29 is 13.2 Å². The van der Waals surface area contributed by atoms with Crippen LogP contribution in [0.5, 0.6) is 0 Å². The SMILES string of the molecule is CCCS(=O)(=O)CC(=O)Nc1ccccc1N1CCCCC1. The third-order valence-corrected chi connectivity index (χ3v) is 5.47. The molecule has 0 bridgehead atoms. The maximum Gasteiger partial charge on any atom is 0.239 e. The second-order valence-electron chi connectivity index (χ2n) is 5.71. The number of carbonyl (C=O) groups is 1. The van der Waals surface area contributed by atoms with Crippen LogP contribution in [0.4, 0.5) is 11.4 Å². The summed E-state index contributed by atoms with van der Waals surface area (Å²) >= 11 is 0. The maximum absolute atomic E-state index is 12.0. The third kappa shape index (κ3) is 4.73. The first-order chi connectivity index (χ1) is 10.5. The van der Waals surface area contributed by atoms with Crippen LogP contribution < -0.4 is 10.2 Å². The Balaban J connectivity index is 2.07. The zero-order valence-corrected chi connectivity index (χ0v) is 13.9. The van der Waals surface area contributed by atoms with Gasteiger partial charge in [-0.3, -0.25) is 4.79 Å². The molecule has 0 atom stereocenters. The highest BCUT2D eigenvalue weighted by molar-refractivity contribution is 7.92. The van der Waals surface area contributed by atoms with E-state index in [1.807, 2.05) is 24.3 Å². The molecule has 6 heteroatoms. The van der Waals surface area contributed by atoms with Crippen molar-refractivity contribution in [1.29, 1.82) is 0 Å². The van der Waals surface area contributed by atoms with Crippen LogP contribution in [-0.4, -0.2) is 38.9 Å². The number of para-hydroxylation sites is 2. The molecule has 5 nitrogen and oxygen atoms in total. The van der Waals surface area contributed by atoms with Crippen LogP contribution in [0, 0.1) is 0 Å². The van der Waals surface area contributed by atoms with Gasteiger partial charge in [0.25, 0.3) is 0 Å². The van der Waals surface area contributed by atoms with Crippen molar-refractivity contribution in [2.45, 2.75) is 32.6 Å². The van der Waals surface area contributed by atoms with Gasteiger partial charge in [0.05, 0.1) is 17.1 Å². The number of benzene rings is 1. The monoisotopic (exact) mass is 324 g/mol.